The number of hydrogen-bond acceptors (Lipinski definition) is 8. The lowest BCUT2D eigenvalue weighted by Crippen LogP contribution is -2.19. The van der Waals surface area contributed by atoms with Gasteiger partial charge < -0.3 is 19.8 Å². The van der Waals surface area contributed by atoms with Gasteiger partial charge in [-0.1, -0.05) is 48.2 Å². The van der Waals surface area contributed by atoms with Gasteiger partial charge in [-0.2, -0.15) is 0 Å². The third-order valence-corrected chi connectivity index (χ3v) is 7.59. The minimum Gasteiger partial charge on any atom is -0.484 e. The Morgan fingerprint density at radius 2 is 1.72 bits per heavy atom. The van der Waals surface area contributed by atoms with Crippen molar-refractivity contribution in [1.29, 1.82) is 0 Å². The van der Waals surface area contributed by atoms with E-state index in [1.54, 1.807) is 0 Å². The summed E-state index contributed by atoms with van der Waals surface area (Å²) in [6.07, 6.45) is 3.88. The maximum absolute atomic E-state index is 13.2. The van der Waals surface area contributed by atoms with Gasteiger partial charge in [0.1, 0.15) is 10.8 Å². The Morgan fingerprint density at radius 1 is 0.972 bits per heavy atom. The lowest BCUT2D eigenvalue weighted by Gasteiger charge is -2.13. The molecule has 0 radical (unpaired) electrons. The number of thioether (sulfide) groups is 1. The minimum atomic E-state index is -0.243. The third-order valence-electron chi connectivity index (χ3n) is 5.56. The van der Waals surface area contributed by atoms with Crippen LogP contribution < -0.4 is 15.4 Å². The summed E-state index contributed by atoms with van der Waals surface area (Å²) in [6, 6.07) is 18.7. The smallest absolute Gasteiger partial charge is 0.277 e. The molecule has 184 valence electrons. The summed E-state index contributed by atoms with van der Waals surface area (Å²) in [6.45, 7) is 0.143. The van der Waals surface area contributed by atoms with Crippen molar-refractivity contribution in [2.45, 2.75) is 37.5 Å². The summed E-state index contributed by atoms with van der Waals surface area (Å²) in [4.78, 5) is 27.1. The average molecular weight is 521 g/mol. The van der Waals surface area contributed by atoms with Gasteiger partial charge in [0.25, 0.3) is 17.0 Å². The average Bonchev–Trinajstić information content (AvgIpc) is 3.51. The van der Waals surface area contributed by atoms with Gasteiger partial charge in [-0.05, 0) is 55.5 Å². The molecule has 2 aromatic carbocycles. The molecule has 2 N–H and O–H groups in total. The van der Waals surface area contributed by atoms with Gasteiger partial charge >= 0.3 is 0 Å². The van der Waals surface area contributed by atoms with E-state index < -0.39 is 0 Å². The third kappa shape index (κ3) is 5.95. The van der Waals surface area contributed by atoms with E-state index in [0.717, 1.165) is 48.7 Å². The fraction of sp³-hybridized carbons (Fsp3) is 0.231. The first-order valence-corrected chi connectivity index (χ1v) is 13.4. The van der Waals surface area contributed by atoms with E-state index in [-0.39, 0.29) is 29.4 Å². The number of benzene rings is 2. The zero-order valence-corrected chi connectivity index (χ0v) is 21.0. The molecule has 2 aromatic heterocycles. The predicted octanol–water partition coefficient (Wildman–Crippen LogP) is 5.57. The van der Waals surface area contributed by atoms with E-state index in [1.807, 2.05) is 60.7 Å². The van der Waals surface area contributed by atoms with Crippen LogP contribution in [0.5, 0.6) is 5.75 Å². The summed E-state index contributed by atoms with van der Waals surface area (Å²) in [7, 11) is 0. The number of nitrogens with zero attached hydrogens (tertiary/aromatic N) is 2. The van der Waals surface area contributed by atoms with E-state index in [4.69, 9.17) is 9.15 Å². The normalized spacial score (nSPS) is 12.6. The Hall–Kier alpha value is -3.63. The van der Waals surface area contributed by atoms with Crippen molar-refractivity contribution >= 4 is 45.6 Å². The number of carbonyl (C=O) groups excluding carboxylic acids is 2. The highest BCUT2D eigenvalue weighted by Crippen LogP contribution is 2.38. The highest BCUT2D eigenvalue weighted by molar-refractivity contribution is 7.99. The number of aryl methyl sites for hydroxylation is 1. The van der Waals surface area contributed by atoms with Crippen LogP contribution in [-0.2, 0) is 24.2 Å². The second kappa shape index (κ2) is 11.4. The van der Waals surface area contributed by atoms with Crippen molar-refractivity contribution in [2.24, 2.45) is 0 Å². The number of rotatable bonds is 9. The number of thiophene rings is 1. The number of ether oxygens (including phenoxy) is 1. The van der Waals surface area contributed by atoms with E-state index >= 15 is 0 Å². The molecule has 0 aliphatic heterocycles. The molecule has 36 heavy (non-hydrogen) atoms. The van der Waals surface area contributed by atoms with E-state index in [9.17, 15) is 9.59 Å². The zero-order valence-electron chi connectivity index (χ0n) is 19.4. The fourth-order valence-electron chi connectivity index (χ4n) is 3.92. The van der Waals surface area contributed by atoms with Crippen LogP contribution in [0, 0.1) is 0 Å². The topological polar surface area (TPSA) is 106 Å². The monoisotopic (exact) mass is 520 g/mol. The number of aromatic nitrogens is 2. The quantitative estimate of drug-likeness (QED) is 0.278. The van der Waals surface area contributed by atoms with Crippen LogP contribution in [0.4, 0.5) is 10.7 Å². The summed E-state index contributed by atoms with van der Waals surface area (Å²) >= 11 is 2.63. The SMILES string of the molecule is O=C(CSc1nnc(COc2ccccc2)o1)Nc1sc2c(c1C(=O)Nc1ccccc1)CCCC2. The van der Waals surface area contributed by atoms with Gasteiger partial charge in [-0.3, -0.25) is 9.59 Å². The first kappa shape index (κ1) is 24.1. The van der Waals surface area contributed by atoms with Crippen molar-refractivity contribution in [1.82, 2.24) is 10.2 Å². The molecular weight excluding hydrogens is 496 g/mol. The fourth-order valence-corrected chi connectivity index (χ4v) is 5.80. The molecule has 0 fully saturated rings. The standard InChI is InChI=1S/C26H24N4O4S2/c31-21(16-35-26-30-29-22(34-26)15-33-18-11-5-2-6-12-18)28-25-23(19-13-7-8-14-20(19)36-25)24(32)27-17-9-3-1-4-10-17/h1-6,9-12H,7-8,13-16H2,(H,27,32)(H,28,31). The van der Waals surface area contributed by atoms with Gasteiger partial charge in [-0.25, -0.2) is 0 Å². The van der Waals surface area contributed by atoms with Gasteiger partial charge in [-0.15, -0.1) is 21.5 Å². The van der Waals surface area contributed by atoms with Gasteiger partial charge in [0.15, 0.2) is 6.61 Å². The van der Waals surface area contributed by atoms with Crippen molar-refractivity contribution < 1.29 is 18.7 Å². The largest absolute Gasteiger partial charge is 0.484 e. The lowest BCUT2D eigenvalue weighted by molar-refractivity contribution is -0.113. The number of para-hydroxylation sites is 2. The summed E-state index contributed by atoms with van der Waals surface area (Å²) in [5, 5.41) is 14.7. The maximum atomic E-state index is 13.2. The number of amides is 2. The van der Waals surface area contributed by atoms with E-state index in [1.165, 1.54) is 16.2 Å². The van der Waals surface area contributed by atoms with Crippen LogP contribution in [-0.4, -0.2) is 27.8 Å². The van der Waals surface area contributed by atoms with Crippen molar-refractivity contribution in [3.05, 3.63) is 82.6 Å². The van der Waals surface area contributed by atoms with Crippen molar-refractivity contribution in [2.75, 3.05) is 16.4 Å². The molecule has 5 rings (SSSR count). The molecule has 0 bridgehead atoms. The molecule has 0 saturated carbocycles. The molecular formula is C26H24N4O4S2. The van der Waals surface area contributed by atoms with Crippen LogP contribution in [0.25, 0.3) is 0 Å². The van der Waals surface area contributed by atoms with Crippen LogP contribution in [0.1, 0.15) is 39.5 Å². The van der Waals surface area contributed by atoms with Crippen LogP contribution in [0.2, 0.25) is 0 Å². The lowest BCUT2D eigenvalue weighted by atomic mass is 9.95. The molecule has 2 heterocycles. The second-order valence-electron chi connectivity index (χ2n) is 8.14. The van der Waals surface area contributed by atoms with E-state index in [0.29, 0.717) is 22.2 Å². The van der Waals surface area contributed by atoms with Crippen molar-refractivity contribution in [3.63, 3.8) is 0 Å². The van der Waals surface area contributed by atoms with Crippen LogP contribution in [0.15, 0.2) is 70.3 Å². The summed E-state index contributed by atoms with van der Waals surface area (Å²) in [5.41, 5.74) is 2.33. The molecule has 4 aromatic rings. The summed E-state index contributed by atoms with van der Waals surface area (Å²) < 4.78 is 11.2. The molecule has 8 nitrogen and oxygen atoms in total. The molecule has 1 aliphatic rings. The number of anilines is 2. The molecule has 0 atom stereocenters. The van der Waals surface area contributed by atoms with Gasteiger partial charge in [0.05, 0.1) is 11.3 Å². The number of fused-ring (bicyclic) bond motifs is 1. The van der Waals surface area contributed by atoms with E-state index in [2.05, 4.69) is 20.8 Å². The molecule has 0 saturated heterocycles. The second-order valence-corrected chi connectivity index (χ2v) is 10.2. The van der Waals surface area contributed by atoms with Crippen LogP contribution >= 0.6 is 23.1 Å². The van der Waals surface area contributed by atoms with Gasteiger partial charge in [0, 0.05) is 10.6 Å². The molecule has 0 spiro atoms. The highest BCUT2D eigenvalue weighted by Gasteiger charge is 2.26. The Kier molecular flexibility index (Phi) is 7.63. The predicted molar refractivity (Wildman–Crippen MR) is 140 cm³/mol. The molecule has 1 aliphatic carbocycles. The van der Waals surface area contributed by atoms with Crippen LogP contribution in [0.3, 0.4) is 0 Å². The number of hydrogen-bond donors (Lipinski definition) is 2. The highest BCUT2D eigenvalue weighted by atomic mass is 32.2. The molecule has 10 heteroatoms. The Morgan fingerprint density at radius 3 is 2.53 bits per heavy atom. The first-order valence-electron chi connectivity index (χ1n) is 11.6. The minimum absolute atomic E-state index is 0.0729. The Bertz CT molecular complexity index is 1340. The number of nitrogens with one attached hydrogen (secondary N) is 2. The molecule has 0 unspecified atom stereocenters. The maximum Gasteiger partial charge on any atom is 0.277 e. The number of carbonyl (C=O) groups is 2. The summed E-state index contributed by atoms with van der Waals surface area (Å²) in [5.74, 6) is 0.655. The zero-order chi connectivity index (χ0) is 24.7. The molecule has 2 amide bonds. The Labute approximate surface area is 216 Å². The van der Waals surface area contributed by atoms with Gasteiger partial charge in [0.2, 0.25) is 5.91 Å². The Balaban J connectivity index is 1.21. The van der Waals surface area contributed by atoms with Crippen molar-refractivity contribution in [3.8, 4) is 5.75 Å². The first-order chi connectivity index (χ1) is 17.7.